The van der Waals surface area contributed by atoms with Gasteiger partial charge in [0.15, 0.2) is 5.43 Å². The summed E-state index contributed by atoms with van der Waals surface area (Å²) >= 11 is 0. The molecule has 0 bridgehead atoms. The van der Waals surface area contributed by atoms with Gasteiger partial charge in [-0.2, -0.15) is 0 Å². The average Bonchev–Trinajstić information content (AvgIpc) is 3.31. The number of amides is 1. The first-order chi connectivity index (χ1) is 13.2. The summed E-state index contributed by atoms with van der Waals surface area (Å²) in [7, 11) is 0. The Hall–Kier alpha value is -3.67. The lowest BCUT2D eigenvalue weighted by Crippen LogP contribution is -2.29. The molecule has 1 amide bonds. The largest absolute Gasteiger partial charge is 0.467 e. The van der Waals surface area contributed by atoms with Gasteiger partial charge in [0.25, 0.3) is 5.91 Å². The predicted octanol–water partition coefficient (Wildman–Crippen LogP) is 3.53. The fourth-order valence-corrected chi connectivity index (χ4v) is 3.55. The highest BCUT2D eigenvalue weighted by molar-refractivity contribution is 5.98. The Morgan fingerprint density at radius 2 is 1.85 bits per heavy atom. The van der Waals surface area contributed by atoms with E-state index in [-0.39, 0.29) is 23.6 Å². The van der Waals surface area contributed by atoms with Crippen LogP contribution in [0.3, 0.4) is 0 Å². The molecule has 4 aromatic rings. The standard InChI is InChI=1S/C21H14N2O4/c24-19-14-7-1-2-9-16(14)27-20-17(19)18(15-8-3-4-10-22-15)23(21(20)25)12-13-6-5-11-26-13/h1-11,18H,12H2. The minimum atomic E-state index is -0.625. The second kappa shape index (κ2) is 5.95. The maximum absolute atomic E-state index is 13.2. The van der Waals surface area contributed by atoms with Gasteiger partial charge >= 0.3 is 0 Å². The van der Waals surface area contributed by atoms with Gasteiger partial charge in [-0.25, -0.2) is 0 Å². The maximum atomic E-state index is 13.2. The van der Waals surface area contributed by atoms with Crippen molar-refractivity contribution in [2.45, 2.75) is 12.6 Å². The number of rotatable bonds is 3. The Bertz CT molecular complexity index is 1200. The van der Waals surface area contributed by atoms with Crippen LogP contribution in [0, 0.1) is 0 Å². The zero-order valence-corrected chi connectivity index (χ0v) is 14.2. The third-order valence-electron chi connectivity index (χ3n) is 4.75. The normalized spacial score (nSPS) is 16.1. The minimum Gasteiger partial charge on any atom is -0.467 e. The summed E-state index contributed by atoms with van der Waals surface area (Å²) < 4.78 is 11.3. The SMILES string of the molecule is O=C1c2oc3ccccc3c(=O)c2C(c2ccccn2)N1Cc1ccco1. The number of pyridine rings is 1. The lowest BCUT2D eigenvalue weighted by atomic mass is 10.0. The van der Waals surface area contributed by atoms with Crippen LogP contribution in [0.15, 0.2) is 80.7 Å². The Kier molecular flexibility index (Phi) is 3.43. The molecular weight excluding hydrogens is 344 g/mol. The van der Waals surface area contributed by atoms with E-state index in [1.807, 2.05) is 6.07 Å². The van der Waals surface area contributed by atoms with Crippen LogP contribution in [0.4, 0.5) is 0 Å². The van der Waals surface area contributed by atoms with E-state index in [0.717, 1.165) is 0 Å². The third-order valence-corrected chi connectivity index (χ3v) is 4.75. The highest BCUT2D eigenvalue weighted by Crippen LogP contribution is 2.38. The zero-order chi connectivity index (χ0) is 18.4. The van der Waals surface area contributed by atoms with Crippen molar-refractivity contribution in [3.05, 3.63) is 100 Å². The van der Waals surface area contributed by atoms with E-state index in [1.54, 1.807) is 65.9 Å². The smallest absolute Gasteiger partial charge is 0.291 e. The van der Waals surface area contributed by atoms with Crippen LogP contribution < -0.4 is 5.43 Å². The van der Waals surface area contributed by atoms with E-state index in [0.29, 0.717) is 28.0 Å². The predicted molar refractivity (Wildman–Crippen MR) is 97.1 cm³/mol. The molecule has 1 unspecified atom stereocenters. The van der Waals surface area contributed by atoms with Gasteiger partial charge in [-0.1, -0.05) is 18.2 Å². The molecule has 0 saturated carbocycles. The number of aromatic nitrogens is 1. The first-order valence-corrected chi connectivity index (χ1v) is 8.54. The first kappa shape index (κ1) is 15.6. The first-order valence-electron chi connectivity index (χ1n) is 8.54. The van der Waals surface area contributed by atoms with Crippen LogP contribution >= 0.6 is 0 Å². The van der Waals surface area contributed by atoms with Crippen molar-refractivity contribution in [1.29, 1.82) is 0 Å². The van der Waals surface area contributed by atoms with Crippen molar-refractivity contribution < 1.29 is 13.6 Å². The molecule has 132 valence electrons. The van der Waals surface area contributed by atoms with Crippen molar-refractivity contribution in [2.24, 2.45) is 0 Å². The molecule has 5 rings (SSSR count). The monoisotopic (exact) mass is 358 g/mol. The van der Waals surface area contributed by atoms with E-state index >= 15 is 0 Å². The van der Waals surface area contributed by atoms with Crippen LogP contribution in [0.1, 0.15) is 33.6 Å². The van der Waals surface area contributed by atoms with Crippen LogP contribution in [-0.4, -0.2) is 15.8 Å². The molecule has 0 spiro atoms. The van der Waals surface area contributed by atoms with E-state index in [4.69, 9.17) is 8.83 Å². The molecule has 0 aliphatic carbocycles. The van der Waals surface area contributed by atoms with Gasteiger partial charge in [-0.05, 0) is 36.4 Å². The quantitative estimate of drug-likeness (QED) is 0.560. The molecule has 3 aromatic heterocycles. The second-order valence-corrected chi connectivity index (χ2v) is 6.34. The fraction of sp³-hybridized carbons (Fsp3) is 0.0952. The van der Waals surface area contributed by atoms with Crippen LogP contribution in [0.25, 0.3) is 11.0 Å². The summed E-state index contributed by atoms with van der Waals surface area (Å²) in [5.74, 6) is 0.343. The Labute approximate surface area is 153 Å². The molecule has 4 heterocycles. The molecule has 0 saturated heterocycles. The van der Waals surface area contributed by atoms with Crippen molar-refractivity contribution in [3.63, 3.8) is 0 Å². The number of para-hydroxylation sites is 1. The highest BCUT2D eigenvalue weighted by atomic mass is 16.3. The van der Waals surface area contributed by atoms with Gasteiger partial charge in [0, 0.05) is 6.20 Å². The molecule has 1 aromatic carbocycles. The number of carbonyl (C=O) groups excluding carboxylic acids is 1. The van der Waals surface area contributed by atoms with E-state index < -0.39 is 6.04 Å². The summed E-state index contributed by atoms with van der Waals surface area (Å²) in [5, 5.41) is 0.449. The van der Waals surface area contributed by atoms with Crippen LogP contribution in [0.2, 0.25) is 0 Å². The van der Waals surface area contributed by atoms with Gasteiger partial charge in [0.2, 0.25) is 5.76 Å². The third kappa shape index (κ3) is 2.38. The molecule has 0 N–H and O–H groups in total. The molecule has 1 aliphatic heterocycles. The highest BCUT2D eigenvalue weighted by Gasteiger charge is 2.43. The zero-order valence-electron chi connectivity index (χ0n) is 14.2. The fourth-order valence-electron chi connectivity index (χ4n) is 3.55. The number of fused-ring (bicyclic) bond motifs is 2. The summed E-state index contributed by atoms with van der Waals surface area (Å²) in [6.07, 6.45) is 3.20. The summed E-state index contributed by atoms with van der Waals surface area (Å²) in [6, 6.07) is 15.3. The minimum absolute atomic E-state index is 0.0703. The van der Waals surface area contributed by atoms with Crippen molar-refractivity contribution in [3.8, 4) is 0 Å². The van der Waals surface area contributed by atoms with E-state index in [9.17, 15) is 9.59 Å². The number of nitrogens with zero attached hydrogens (tertiary/aromatic N) is 2. The maximum Gasteiger partial charge on any atom is 0.291 e. The molecule has 0 fully saturated rings. The lowest BCUT2D eigenvalue weighted by molar-refractivity contribution is 0.0699. The molecule has 6 heteroatoms. The number of benzene rings is 1. The van der Waals surface area contributed by atoms with Crippen molar-refractivity contribution in [1.82, 2.24) is 9.88 Å². The molecule has 6 nitrogen and oxygen atoms in total. The average molecular weight is 358 g/mol. The van der Waals surface area contributed by atoms with E-state index in [2.05, 4.69) is 4.98 Å². The van der Waals surface area contributed by atoms with Crippen LogP contribution in [-0.2, 0) is 6.54 Å². The second-order valence-electron chi connectivity index (χ2n) is 6.34. The number of furan rings is 1. The molecule has 0 radical (unpaired) electrons. The molecule has 1 atom stereocenters. The summed E-state index contributed by atoms with van der Waals surface area (Å²) in [4.78, 5) is 32.3. The van der Waals surface area contributed by atoms with Gasteiger partial charge in [-0.15, -0.1) is 0 Å². The van der Waals surface area contributed by atoms with Gasteiger partial charge in [0.05, 0.1) is 29.5 Å². The van der Waals surface area contributed by atoms with Gasteiger partial charge in [-0.3, -0.25) is 14.6 Å². The van der Waals surface area contributed by atoms with Crippen molar-refractivity contribution >= 4 is 16.9 Å². The van der Waals surface area contributed by atoms with E-state index in [1.165, 1.54) is 0 Å². The molecule has 27 heavy (non-hydrogen) atoms. The Morgan fingerprint density at radius 3 is 2.63 bits per heavy atom. The number of hydrogen-bond acceptors (Lipinski definition) is 5. The van der Waals surface area contributed by atoms with Crippen LogP contribution in [0.5, 0.6) is 0 Å². The topological polar surface area (TPSA) is 76.6 Å². The number of carbonyl (C=O) groups is 1. The Balaban J connectivity index is 1.75. The Morgan fingerprint density at radius 1 is 1.00 bits per heavy atom. The van der Waals surface area contributed by atoms with Gasteiger partial charge in [0.1, 0.15) is 17.4 Å². The van der Waals surface area contributed by atoms with Crippen molar-refractivity contribution in [2.75, 3.05) is 0 Å². The lowest BCUT2D eigenvalue weighted by Gasteiger charge is -2.23. The molecular formula is C21H14N2O4. The number of hydrogen-bond donors (Lipinski definition) is 0. The molecule has 1 aliphatic rings. The van der Waals surface area contributed by atoms with Gasteiger partial charge < -0.3 is 13.7 Å². The summed E-state index contributed by atoms with van der Waals surface area (Å²) in [6.45, 7) is 0.215. The summed E-state index contributed by atoms with van der Waals surface area (Å²) in [5.41, 5.74) is 1.12.